The van der Waals surface area contributed by atoms with Crippen LogP contribution in [0.5, 0.6) is 0 Å². The normalized spacial score (nSPS) is 9.79. The second kappa shape index (κ2) is 5.64. The largest absolute Gasteiger partial charge is 0.378 e. The number of nitrogens with zero attached hydrogens (tertiary/aromatic N) is 2. The molecule has 0 spiro atoms. The summed E-state index contributed by atoms with van der Waals surface area (Å²) in [6, 6.07) is 15.3. The zero-order valence-corrected chi connectivity index (χ0v) is 11.6. The molecule has 0 heterocycles. The third kappa shape index (κ3) is 3.18. The standard InChI is InChI=1S/C15H14ClN3/c1-19(2)14-6-4-13(5-7-14)18-15-8-3-12(16)9-11(15)10-17/h3-9,18H,1-2H3. The number of nitrogens with one attached hydrogen (secondary N) is 1. The first-order valence-electron chi connectivity index (χ1n) is 5.84. The van der Waals surface area contributed by atoms with Gasteiger partial charge in [-0.3, -0.25) is 0 Å². The fourth-order valence-electron chi connectivity index (χ4n) is 1.72. The molecule has 96 valence electrons. The quantitative estimate of drug-likeness (QED) is 0.916. The van der Waals surface area contributed by atoms with Crippen molar-refractivity contribution < 1.29 is 0 Å². The van der Waals surface area contributed by atoms with E-state index in [2.05, 4.69) is 11.4 Å². The van der Waals surface area contributed by atoms with E-state index in [0.717, 1.165) is 17.1 Å². The second-order valence-corrected chi connectivity index (χ2v) is 4.80. The molecule has 3 nitrogen and oxygen atoms in total. The first-order valence-corrected chi connectivity index (χ1v) is 6.22. The van der Waals surface area contributed by atoms with Crippen molar-refractivity contribution >= 4 is 28.7 Å². The summed E-state index contributed by atoms with van der Waals surface area (Å²) in [6.07, 6.45) is 0. The molecule has 0 unspecified atom stereocenters. The molecule has 2 aromatic rings. The molecule has 2 rings (SSSR count). The van der Waals surface area contributed by atoms with Crippen molar-refractivity contribution in [2.24, 2.45) is 0 Å². The van der Waals surface area contributed by atoms with Crippen molar-refractivity contribution in [3.8, 4) is 6.07 Å². The fraction of sp³-hybridized carbons (Fsp3) is 0.133. The predicted octanol–water partition coefficient (Wildman–Crippen LogP) is 4.02. The molecule has 0 saturated heterocycles. The van der Waals surface area contributed by atoms with E-state index in [-0.39, 0.29) is 0 Å². The smallest absolute Gasteiger partial charge is 0.101 e. The van der Waals surface area contributed by atoms with Gasteiger partial charge in [0.2, 0.25) is 0 Å². The highest BCUT2D eigenvalue weighted by atomic mass is 35.5. The van der Waals surface area contributed by atoms with Crippen LogP contribution in [-0.2, 0) is 0 Å². The Balaban J connectivity index is 2.24. The molecule has 0 saturated carbocycles. The Morgan fingerprint density at radius 3 is 2.37 bits per heavy atom. The van der Waals surface area contributed by atoms with Crippen molar-refractivity contribution in [2.45, 2.75) is 0 Å². The predicted molar refractivity (Wildman–Crippen MR) is 80.2 cm³/mol. The van der Waals surface area contributed by atoms with Gasteiger partial charge >= 0.3 is 0 Å². The van der Waals surface area contributed by atoms with E-state index >= 15 is 0 Å². The van der Waals surface area contributed by atoms with Gasteiger partial charge in [0.1, 0.15) is 6.07 Å². The molecule has 0 amide bonds. The lowest BCUT2D eigenvalue weighted by molar-refractivity contribution is 1.13. The van der Waals surface area contributed by atoms with Gasteiger partial charge in [-0.25, -0.2) is 0 Å². The van der Waals surface area contributed by atoms with Gasteiger partial charge in [0.15, 0.2) is 0 Å². The number of hydrogen-bond acceptors (Lipinski definition) is 3. The summed E-state index contributed by atoms with van der Waals surface area (Å²) in [4.78, 5) is 2.03. The number of rotatable bonds is 3. The van der Waals surface area contributed by atoms with E-state index in [9.17, 15) is 0 Å². The Hall–Kier alpha value is -2.18. The van der Waals surface area contributed by atoms with Crippen molar-refractivity contribution in [2.75, 3.05) is 24.3 Å². The Morgan fingerprint density at radius 1 is 1.11 bits per heavy atom. The van der Waals surface area contributed by atoms with Gasteiger partial charge in [0.25, 0.3) is 0 Å². The maximum Gasteiger partial charge on any atom is 0.101 e. The summed E-state index contributed by atoms with van der Waals surface area (Å²) < 4.78 is 0. The second-order valence-electron chi connectivity index (χ2n) is 4.37. The highest BCUT2D eigenvalue weighted by Gasteiger charge is 2.03. The van der Waals surface area contributed by atoms with Crippen LogP contribution in [0, 0.1) is 11.3 Å². The maximum absolute atomic E-state index is 9.08. The van der Waals surface area contributed by atoms with Crippen LogP contribution in [0.1, 0.15) is 5.56 Å². The topological polar surface area (TPSA) is 39.1 Å². The zero-order chi connectivity index (χ0) is 13.8. The first-order chi connectivity index (χ1) is 9.10. The number of halogens is 1. The Bertz CT molecular complexity index is 612. The van der Waals surface area contributed by atoms with E-state index in [1.807, 2.05) is 43.3 Å². The van der Waals surface area contributed by atoms with Crippen LogP contribution in [0.4, 0.5) is 17.1 Å². The van der Waals surface area contributed by atoms with Crippen LogP contribution in [0.25, 0.3) is 0 Å². The summed E-state index contributed by atoms with van der Waals surface area (Å²) in [6.45, 7) is 0. The summed E-state index contributed by atoms with van der Waals surface area (Å²) in [5, 5.41) is 12.9. The minimum absolute atomic E-state index is 0.532. The molecule has 4 heteroatoms. The Morgan fingerprint density at radius 2 is 1.79 bits per heavy atom. The minimum atomic E-state index is 0.532. The van der Waals surface area contributed by atoms with Crippen molar-refractivity contribution in [3.05, 3.63) is 53.1 Å². The van der Waals surface area contributed by atoms with Crippen LogP contribution in [-0.4, -0.2) is 14.1 Å². The third-order valence-electron chi connectivity index (χ3n) is 2.76. The van der Waals surface area contributed by atoms with Gasteiger partial charge in [-0.2, -0.15) is 5.26 Å². The molecule has 0 radical (unpaired) electrons. The number of benzene rings is 2. The average molecular weight is 272 g/mol. The highest BCUT2D eigenvalue weighted by Crippen LogP contribution is 2.24. The molecule has 0 atom stereocenters. The zero-order valence-electron chi connectivity index (χ0n) is 10.8. The SMILES string of the molecule is CN(C)c1ccc(Nc2ccc(Cl)cc2C#N)cc1. The van der Waals surface area contributed by atoms with E-state index in [0.29, 0.717) is 10.6 Å². The Kier molecular flexibility index (Phi) is 3.94. The lowest BCUT2D eigenvalue weighted by Crippen LogP contribution is -2.08. The molecular formula is C15H14ClN3. The van der Waals surface area contributed by atoms with Crippen LogP contribution in [0.2, 0.25) is 5.02 Å². The van der Waals surface area contributed by atoms with Crippen molar-refractivity contribution in [1.82, 2.24) is 0 Å². The molecule has 2 aromatic carbocycles. The first kappa shape index (κ1) is 13.3. The van der Waals surface area contributed by atoms with Gasteiger partial charge in [-0.1, -0.05) is 11.6 Å². The van der Waals surface area contributed by atoms with Crippen LogP contribution >= 0.6 is 11.6 Å². The number of nitriles is 1. The van der Waals surface area contributed by atoms with Crippen LogP contribution in [0.15, 0.2) is 42.5 Å². The molecule has 19 heavy (non-hydrogen) atoms. The third-order valence-corrected chi connectivity index (χ3v) is 3.00. The monoisotopic (exact) mass is 271 g/mol. The molecule has 0 aliphatic rings. The molecule has 0 aromatic heterocycles. The van der Waals surface area contributed by atoms with E-state index in [4.69, 9.17) is 16.9 Å². The maximum atomic E-state index is 9.08. The molecule has 0 aliphatic heterocycles. The minimum Gasteiger partial charge on any atom is -0.378 e. The van der Waals surface area contributed by atoms with E-state index in [1.165, 1.54) is 0 Å². The van der Waals surface area contributed by atoms with Gasteiger partial charge in [-0.15, -0.1) is 0 Å². The van der Waals surface area contributed by atoms with Gasteiger partial charge in [0.05, 0.1) is 11.3 Å². The van der Waals surface area contributed by atoms with Gasteiger partial charge in [-0.05, 0) is 42.5 Å². The van der Waals surface area contributed by atoms with Crippen molar-refractivity contribution in [1.29, 1.82) is 5.26 Å². The number of hydrogen-bond donors (Lipinski definition) is 1. The van der Waals surface area contributed by atoms with E-state index in [1.54, 1.807) is 18.2 Å². The molecule has 0 aliphatic carbocycles. The van der Waals surface area contributed by atoms with Crippen molar-refractivity contribution in [3.63, 3.8) is 0 Å². The van der Waals surface area contributed by atoms with E-state index < -0.39 is 0 Å². The summed E-state index contributed by atoms with van der Waals surface area (Å²) in [5.74, 6) is 0. The average Bonchev–Trinajstić information content (AvgIpc) is 2.41. The molecular weight excluding hydrogens is 258 g/mol. The van der Waals surface area contributed by atoms with Crippen LogP contribution < -0.4 is 10.2 Å². The van der Waals surface area contributed by atoms with Crippen LogP contribution in [0.3, 0.4) is 0 Å². The molecule has 1 N–H and O–H groups in total. The summed E-state index contributed by atoms with van der Waals surface area (Å²) in [7, 11) is 3.99. The summed E-state index contributed by atoms with van der Waals surface area (Å²) >= 11 is 5.87. The molecule has 0 bridgehead atoms. The lowest BCUT2D eigenvalue weighted by Gasteiger charge is -2.14. The highest BCUT2D eigenvalue weighted by molar-refractivity contribution is 6.30. The molecule has 0 fully saturated rings. The van der Waals surface area contributed by atoms with Gasteiger partial charge < -0.3 is 10.2 Å². The Labute approximate surface area is 118 Å². The lowest BCUT2D eigenvalue weighted by atomic mass is 10.2. The summed E-state index contributed by atoms with van der Waals surface area (Å²) in [5.41, 5.74) is 3.35. The number of anilines is 3. The van der Waals surface area contributed by atoms with Gasteiger partial charge in [0, 0.05) is 30.5 Å². The fourth-order valence-corrected chi connectivity index (χ4v) is 1.89.